The number of carbonyl (C=O) groups excluding carboxylic acids is 6. The first kappa shape index (κ1) is 35.1. The number of Topliss-reactive ketones (excluding diaryl/α,β-unsaturated/α-hetero) is 2. The van der Waals surface area contributed by atoms with Crippen LogP contribution in [0.5, 0.6) is 11.5 Å². The lowest BCUT2D eigenvalue weighted by atomic mass is 9.86. The Hall–Kier alpha value is -5.19. The molecule has 2 aromatic carbocycles. The fraction of sp³-hybridized carbons (Fsp3) is 0.438. The maximum absolute atomic E-state index is 13.0. The van der Waals surface area contributed by atoms with Gasteiger partial charge in [-0.15, -0.1) is 15.0 Å². The van der Waals surface area contributed by atoms with E-state index in [9.17, 15) is 42.3 Å². The third-order valence-corrected chi connectivity index (χ3v) is 9.50. The van der Waals surface area contributed by atoms with Crippen molar-refractivity contribution in [1.29, 1.82) is 0 Å². The molecular formula is C32H33N3O13S. The van der Waals surface area contributed by atoms with Crippen LogP contribution in [-0.4, -0.2) is 89.5 Å². The van der Waals surface area contributed by atoms with Crippen molar-refractivity contribution in [1.82, 2.24) is 15.0 Å². The highest BCUT2D eigenvalue weighted by atomic mass is 32.2. The van der Waals surface area contributed by atoms with Crippen LogP contribution in [0, 0.1) is 11.8 Å². The Labute approximate surface area is 279 Å². The summed E-state index contributed by atoms with van der Waals surface area (Å²) in [4.78, 5) is 71.2. The first-order valence-electron chi connectivity index (χ1n) is 15.3. The molecular weight excluding hydrogens is 666 g/mol. The summed E-state index contributed by atoms with van der Waals surface area (Å²) in [7, 11) is -3.99. The predicted molar refractivity (Wildman–Crippen MR) is 165 cm³/mol. The molecule has 16 nitrogen and oxygen atoms in total. The number of hydrogen-bond acceptors (Lipinski definition) is 15. The molecule has 1 aliphatic heterocycles. The lowest BCUT2D eigenvalue weighted by Crippen LogP contribution is -2.24. The maximum atomic E-state index is 13.0. The van der Waals surface area contributed by atoms with Crippen molar-refractivity contribution in [2.45, 2.75) is 56.8 Å². The quantitative estimate of drug-likeness (QED) is 0.123. The summed E-state index contributed by atoms with van der Waals surface area (Å²) in [6.07, 6.45) is -0.592. The van der Waals surface area contributed by atoms with E-state index >= 15 is 0 Å². The van der Waals surface area contributed by atoms with Crippen LogP contribution in [0.1, 0.15) is 52.0 Å². The first-order chi connectivity index (χ1) is 23.0. The second-order valence-corrected chi connectivity index (χ2v) is 14.7. The molecule has 3 aromatic rings. The van der Waals surface area contributed by atoms with E-state index in [1.165, 1.54) is 24.3 Å². The molecule has 0 spiro atoms. The summed E-state index contributed by atoms with van der Waals surface area (Å²) in [5.41, 5.74) is 0.587. The SMILES string of the molecule is CC(C)(C)c1cc(OCCCOC(=O)C2CC(=O)CC2=O)cc(-n2nc3ccc(S(=O)(=O)CCOC(=O)C4CC(=O)OC4=O)cc3n2)c1O. The van der Waals surface area contributed by atoms with Crippen LogP contribution < -0.4 is 4.74 Å². The minimum atomic E-state index is -3.99. The summed E-state index contributed by atoms with van der Waals surface area (Å²) in [5, 5.41) is 20.0. The molecule has 2 aliphatic rings. The van der Waals surface area contributed by atoms with E-state index in [4.69, 9.17) is 14.2 Å². The van der Waals surface area contributed by atoms with E-state index in [-0.39, 0.29) is 60.1 Å². The van der Waals surface area contributed by atoms with Crippen LogP contribution in [0.3, 0.4) is 0 Å². The smallest absolute Gasteiger partial charge is 0.328 e. The lowest BCUT2D eigenvalue weighted by Gasteiger charge is -2.23. The fourth-order valence-electron chi connectivity index (χ4n) is 5.19. The van der Waals surface area contributed by atoms with Gasteiger partial charge in [0.15, 0.2) is 21.5 Å². The van der Waals surface area contributed by atoms with Gasteiger partial charge in [-0.05, 0) is 29.7 Å². The number of hydrogen-bond donors (Lipinski definition) is 1. The van der Waals surface area contributed by atoms with Gasteiger partial charge >= 0.3 is 23.9 Å². The number of benzene rings is 2. The number of ketones is 2. The molecule has 2 heterocycles. The lowest BCUT2D eigenvalue weighted by molar-refractivity contribution is -0.158. The highest BCUT2D eigenvalue weighted by Crippen LogP contribution is 2.38. The van der Waals surface area contributed by atoms with Gasteiger partial charge in [-0.25, -0.2) is 8.42 Å². The summed E-state index contributed by atoms with van der Waals surface area (Å²) in [5.74, 6) is -7.30. The number of aromatic hydroxyl groups is 1. The van der Waals surface area contributed by atoms with E-state index in [0.717, 1.165) is 4.80 Å². The zero-order valence-corrected chi connectivity index (χ0v) is 27.6. The second-order valence-electron chi connectivity index (χ2n) is 12.6. The molecule has 17 heteroatoms. The van der Waals surface area contributed by atoms with Gasteiger partial charge in [0.05, 0.1) is 36.7 Å². The summed E-state index contributed by atoms with van der Waals surface area (Å²) < 4.78 is 46.3. The Morgan fingerprint density at radius 1 is 0.939 bits per heavy atom. The van der Waals surface area contributed by atoms with Crippen LogP contribution in [-0.2, 0) is 58.2 Å². The highest BCUT2D eigenvalue weighted by Gasteiger charge is 2.40. The normalized spacial score (nSPS) is 18.2. The van der Waals surface area contributed by atoms with Crippen molar-refractivity contribution >= 4 is 56.3 Å². The number of aromatic nitrogens is 3. The van der Waals surface area contributed by atoms with Crippen molar-refractivity contribution in [3.05, 3.63) is 35.9 Å². The maximum Gasteiger partial charge on any atom is 0.328 e. The molecule has 1 saturated carbocycles. The van der Waals surface area contributed by atoms with Gasteiger partial charge in [0.2, 0.25) is 0 Å². The highest BCUT2D eigenvalue weighted by molar-refractivity contribution is 7.91. The van der Waals surface area contributed by atoms with E-state index in [0.29, 0.717) is 16.8 Å². The van der Waals surface area contributed by atoms with Gasteiger partial charge in [0.25, 0.3) is 0 Å². The molecule has 1 saturated heterocycles. The molecule has 2 atom stereocenters. The molecule has 2 fully saturated rings. The number of rotatable bonds is 12. The number of esters is 4. The molecule has 1 aromatic heterocycles. The number of fused-ring (bicyclic) bond motifs is 1. The van der Waals surface area contributed by atoms with Gasteiger partial charge in [-0.3, -0.25) is 28.8 Å². The molecule has 0 radical (unpaired) electrons. The number of carbonyl (C=O) groups is 6. The fourth-order valence-corrected chi connectivity index (χ4v) is 6.29. The third kappa shape index (κ3) is 7.93. The zero-order chi connectivity index (χ0) is 35.7. The van der Waals surface area contributed by atoms with E-state index in [2.05, 4.69) is 14.9 Å². The Morgan fingerprint density at radius 3 is 2.29 bits per heavy atom. The molecule has 2 unspecified atom stereocenters. The number of ether oxygens (including phenoxy) is 4. The predicted octanol–water partition coefficient (Wildman–Crippen LogP) is 1.69. The van der Waals surface area contributed by atoms with Gasteiger partial charge in [-0.1, -0.05) is 20.8 Å². The average molecular weight is 700 g/mol. The van der Waals surface area contributed by atoms with Crippen molar-refractivity contribution < 1.29 is 61.2 Å². The van der Waals surface area contributed by atoms with Crippen LogP contribution in [0.25, 0.3) is 16.7 Å². The average Bonchev–Trinajstić information content (AvgIpc) is 3.71. The summed E-state index contributed by atoms with van der Waals surface area (Å²) in [6, 6.07) is 7.16. The van der Waals surface area contributed by atoms with Crippen LogP contribution >= 0.6 is 0 Å². The minimum Gasteiger partial charge on any atom is -0.505 e. The second kappa shape index (κ2) is 13.7. The summed E-state index contributed by atoms with van der Waals surface area (Å²) in [6.45, 7) is 5.14. The first-order valence-corrected chi connectivity index (χ1v) is 16.9. The monoisotopic (exact) mass is 699 g/mol. The van der Waals surface area contributed by atoms with E-state index < -0.39 is 75.5 Å². The van der Waals surface area contributed by atoms with Gasteiger partial charge in [0, 0.05) is 24.5 Å². The number of phenols is 1. The number of phenolic OH excluding ortho intramolecular Hbond substituents is 1. The van der Waals surface area contributed by atoms with Gasteiger partial charge < -0.3 is 24.1 Å². The largest absolute Gasteiger partial charge is 0.505 e. The van der Waals surface area contributed by atoms with Crippen LogP contribution in [0.2, 0.25) is 0 Å². The van der Waals surface area contributed by atoms with Crippen molar-refractivity contribution in [2.75, 3.05) is 25.6 Å². The molecule has 0 bridgehead atoms. The van der Waals surface area contributed by atoms with E-state index in [1.807, 2.05) is 20.8 Å². The third-order valence-electron chi connectivity index (χ3n) is 7.83. The topological polar surface area (TPSA) is 224 Å². The van der Waals surface area contributed by atoms with Crippen LogP contribution in [0.4, 0.5) is 0 Å². The van der Waals surface area contributed by atoms with Crippen molar-refractivity contribution in [3.63, 3.8) is 0 Å². The molecule has 0 amide bonds. The zero-order valence-electron chi connectivity index (χ0n) is 26.8. The van der Waals surface area contributed by atoms with Gasteiger partial charge in [-0.2, -0.15) is 0 Å². The molecule has 5 rings (SSSR count). The van der Waals surface area contributed by atoms with Gasteiger partial charge in [0.1, 0.15) is 46.5 Å². The van der Waals surface area contributed by atoms with Crippen molar-refractivity contribution in [3.8, 4) is 17.2 Å². The molecule has 1 N–H and O–H groups in total. The van der Waals surface area contributed by atoms with E-state index in [1.54, 1.807) is 6.07 Å². The Balaban J connectivity index is 1.27. The standard InChI is InChI=1S/C32H33N3O13S/c1-32(2,3)22-13-18(45-7-4-8-46-29(40)20-11-17(36)12-26(20)37)14-25(28(22)39)35-33-23-6-5-19(15-24(23)34-35)49(43,44)10-9-47-30(41)21-16-27(38)48-31(21)42/h5-6,13-15,20-21,39H,4,7-12,16H2,1-3H3. The number of sulfone groups is 1. The van der Waals surface area contributed by atoms with Crippen LogP contribution in [0.15, 0.2) is 35.2 Å². The number of cyclic esters (lactones) is 2. The van der Waals surface area contributed by atoms with Crippen molar-refractivity contribution in [2.24, 2.45) is 11.8 Å². The molecule has 1 aliphatic carbocycles. The Bertz CT molecular complexity index is 1980. The Morgan fingerprint density at radius 2 is 1.63 bits per heavy atom. The summed E-state index contributed by atoms with van der Waals surface area (Å²) >= 11 is 0. The molecule has 260 valence electrons. The minimum absolute atomic E-state index is 0.0379. The molecule has 49 heavy (non-hydrogen) atoms. The number of nitrogens with zero attached hydrogens (tertiary/aromatic N) is 3. The Kier molecular flexibility index (Phi) is 9.85.